The van der Waals surface area contributed by atoms with Gasteiger partial charge in [-0.25, -0.2) is 8.42 Å². The number of benzene rings is 1. The van der Waals surface area contributed by atoms with Crippen LogP contribution in [0.4, 0.5) is 18.9 Å². The minimum Gasteiger partial charge on any atom is -0.354 e. The van der Waals surface area contributed by atoms with Crippen LogP contribution in [-0.4, -0.2) is 33.7 Å². The van der Waals surface area contributed by atoms with E-state index in [0.717, 1.165) is 44.1 Å². The van der Waals surface area contributed by atoms with E-state index in [0.29, 0.717) is 16.9 Å². The van der Waals surface area contributed by atoms with Gasteiger partial charge in [0.2, 0.25) is 15.9 Å². The van der Waals surface area contributed by atoms with Gasteiger partial charge in [-0.2, -0.15) is 13.2 Å². The van der Waals surface area contributed by atoms with Gasteiger partial charge in [0, 0.05) is 6.54 Å². The number of nitrogens with zero attached hydrogens (tertiary/aromatic N) is 1. The number of amides is 1. The largest absolute Gasteiger partial charge is 0.416 e. The molecule has 1 aromatic carbocycles. The molecule has 0 aliphatic rings. The summed E-state index contributed by atoms with van der Waals surface area (Å²) in [7, 11) is -4.04. The second kappa shape index (κ2) is 10.3. The summed E-state index contributed by atoms with van der Waals surface area (Å²) in [4.78, 5) is 12.3. The molecule has 0 saturated carbocycles. The molecule has 1 amide bonds. The van der Waals surface area contributed by atoms with E-state index in [1.54, 1.807) is 0 Å². The highest BCUT2D eigenvalue weighted by Crippen LogP contribution is 2.36. The second-order valence-corrected chi connectivity index (χ2v) is 8.97. The third-order valence-corrected chi connectivity index (χ3v) is 5.81. The summed E-state index contributed by atoms with van der Waals surface area (Å²) < 4.78 is 63.8. The van der Waals surface area contributed by atoms with Gasteiger partial charge in [-0.15, -0.1) is 0 Å². The number of carbonyl (C=O) groups excluding carboxylic acids is 1. The van der Waals surface area contributed by atoms with Crippen molar-refractivity contribution in [1.82, 2.24) is 5.32 Å². The van der Waals surface area contributed by atoms with Crippen LogP contribution in [0.1, 0.15) is 45.1 Å². The van der Waals surface area contributed by atoms with E-state index in [2.05, 4.69) is 12.2 Å². The fraction of sp³-hybridized carbons (Fsp3) is 0.611. The number of nitrogens with one attached hydrogen (secondary N) is 1. The van der Waals surface area contributed by atoms with Crippen LogP contribution < -0.4 is 9.62 Å². The molecular formula is C18H26ClF3N2O3S. The number of hydrogen-bond donors (Lipinski definition) is 1. The minimum absolute atomic E-state index is 0.194. The molecule has 10 heteroatoms. The predicted molar refractivity (Wildman–Crippen MR) is 105 cm³/mol. The summed E-state index contributed by atoms with van der Waals surface area (Å²) in [6, 6.07) is 2.35. The van der Waals surface area contributed by atoms with E-state index in [4.69, 9.17) is 11.6 Å². The van der Waals surface area contributed by atoms with Crippen LogP contribution in [0.5, 0.6) is 0 Å². The average molecular weight is 443 g/mol. The summed E-state index contributed by atoms with van der Waals surface area (Å²) in [6.07, 6.45) is -0.0204. The molecule has 1 aromatic rings. The van der Waals surface area contributed by atoms with Crippen LogP contribution in [0.2, 0.25) is 5.02 Å². The Hall–Kier alpha value is -1.48. The van der Waals surface area contributed by atoms with Crippen molar-refractivity contribution in [2.75, 3.05) is 23.7 Å². The maximum Gasteiger partial charge on any atom is 0.416 e. The zero-order valence-electron chi connectivity index (χ0n) is 16.1. The second-order valence-electron chi connectivity index (χ2n) is 6.65. The fourth-order valence-electron chi connectivity index (χ4n) is 2.65. The first kappa shape index (κ1) is 24.6. The average Bonchev–Trinajstić information content (AvgIpc) is 2.58. The van der Waals surface area contributed by atoms with Gasteiger partial charge in [0.05, 0.1) is 22.5 Å². The third-order valence-electron chi connectivity index (χ3n) is 4.36. The quantitative estimate of drug-likeness (QED) is 0.581. The monoisotopic (exact) mass is 442 g/mol. The van der Waals surface area contributed by atoms with Gasteiger partial charge >= 0.3 is 6.18 Å². The Morgan fingerprint density at radius 2 is 1.93 bits per heavy atom. The van der Waals surface area contributed by atoms with Crippen molar-refractivity contribution in [2.45, 2.75) is 45.7 Å². The van der Waals surface area contributed by atoms with Crippen LogP contribution in [-0.2, 0) is 21.0 Å². The molecule has 0 unspecified atom stereocenters. The standard InChI is InChI=1S/C18H26ClF3N2O3S/c1-4-6-7-13(5-2)11-23-17(25)12-24(28(3,26)27)16-10-14(18(20,21)22)8-9-15(16)19/h8-10,13H,4-7,11-12H2,1-3H3,(H,23,25)/t13-/m0/s1. The van der Waals surface area contributed by atoms with Crippen LogP contribution in [0, 0.1) is 5.92 Å². The van der Waals surface area contributed by atoms with E-state index in [9.17, 15) is 26.4 Å². The molecule has 0 radical (unpaired) electrons. The Kier molecular flexibility index (Phi) is 9.07. The van der Waals surface area contributed by atoms with Crippen molar-refractivity contribution >= 4 is 33.2 Å². The lowest BCUT2D eigenvalue weighted by atomic mass is 9.99. The number of sulfonamides is 1. The first-order valence-electron chi connectivity index (χ1n) is 9.01. The molecule has 160 valence electrons. The number of halogens is 4. The van der Waals surface area contributed by atoms with Gasteiger partial charge in [0.25, 0.3) is 0 Å². The topological polar surface area (TPSA) is 66.5 Å². The lowest BCUT2D eigenvalue weighted by Gasteiger charge is -2.24. The summed E-state index contributed by atoms with van der Waals surface area (Å²) >= 11 is 5.93. The van der Waals surface area contributed by atoms with Crippen molar-refractivity contribution in [3.63, 3.8) is 0 Å². The third kappa shape index (κ3) is 7.50. The zero-order valence-corrected chi connectivity index (χ0v) is 17.7. The summed E-state index contributed by atoms with van der Waals surface area (Å²) in [5.74, 6) is -0.346. The van der Waals surface area contributed by atoms with E-state index in [-0.39, 0.29) is 16.6 Å². The predicted octanol–water partition coefficient (Wildman–Crippen LogP) is 4.46. The first-order chi connectivity index (χ1) is 12.9. The van der Waals surface area contributed by atoms with Gasteiger partial charge in [0.15, 0.2) is 0 Å². The zero-order chi connectivity index (χ0) is 21.5. The molecule has 1 atom stereocenters. The number of carbonyl (C=O) groups is 1. The molecule has 0 aliphatic carbocycles. The molecule has 0 aliphatic heterocycles. The Labute approximate surface area is 169 Å². The van der Waals surface area contributed by atoms with Gasteiger partial charge < -0.3 is 5.32 Å². The number of anilines is 1. The van der Waals surface area contributed by atoms with E-state index < -0.39 is 34.2 Å². The molecule has 28 heavy (non-hydrogen) atoms. The highest BCUT2D eigenvalue weighted by atomic mass is 35.5. The van der Waals surface area contributed by atoms with Gasteiger partial charge in [0.1, 0.15) is 6.54 Å². The van der Waals surface area contributed by atoms with Crippen LogP contribution in [0.3, 0.4) is 0 Å². The highest BCUT2D eigenvalue weighted by molar-refractivity contribution is 7.92. The summed E-state index contributed by atoms with van der Waals surface area (Å²) in [6.45, 7) is 3.79. The molecule has 0 saturated heterocycles. The van der Waals surface area contributed by atoms with Crippen molar-refractivity contribution in [3.8, 4) is 0 Å². The van der Waals surface area contributed by atoms with Crippen molar-refractivity contribution in [3.05, 3.63) is 28.8 Å². The van der Waals surface area contributed by atoms with Crippen LogP contribution in [0.25, 0.3) is 0 Å². The van der Waals surface area contributed by atoms with Crippen LogP contribution in [0.15, 0.2) is 18.2 Å². The molecule has 0 heterocycles. The Morgan fingerprint density at radius 1 is 1.29 bits per heavy atom. The Morgan fingerprint density at radius 3 is 2.43 bits per heavy atom. The maximum atomic E-state index is 13.0. The smallest absolute Gasteiger partial charge is 0.354 e. The number of hydrogen-bond acceptors (Lipinski definition) is 3. The lowest BCUT2D eigenvalue weighted by molar-refractivity contribution is -0.137. The lowest BCUT2D eigenvalue weighted by Crippen LogP contribution is -2.42. The van der Waals surface area contributed by atoms with Gasteiger partial charge in [-0.1, -0.05) is 44.7 Å². The normalized spacial score (nSPS) is 13.2. The Bertz CT molecular complexity index is 770. The molecule has 0 spiro atoms. The van der Waals surface area contributed by atoms with Crippen molar-refractivity contribution in [1.29, 1.82) is 0 Å². The maximum absolute atomic E-state index is 13.0. The van der Waals surface area contributed by atoms with E-state index >= 15 is 0 Å². The molecule has 0 fully saturated rings. The van der Waals surface area contributed by atoms with Gasteiger partial charge in [-0.05, 0) is 30.5 Å². The SMILES string of the molecule is CCCC[C@H](CC)CNC(=O)CN(c1cc(C(F)(F)F)ccc1Cl)S(C)(=O)=O. The number of rotatable bonds is 10. The van der Waals surface area contributed by atoms with Crippen LogP contribution >= 0.6 is 11.6 Å². The molecule has 0 aromatic heterocycles. The molecule has 1 N–H and O–H groups in total. The highest BCUT2D eigenvalue weighted by Gasteiger charge is 2.33. The molecule has 0 bridgehead atoms. The van der Waals surface area contributed by atoms with E-state index in [1.165, 1.54) is 0 Å². The summed E-state index contributed by atoms with van der Waals surface area (Å²) in [5.41, 5.74) is -1.43. The molecule has 5 nitrogen and oxygen atoms in total. The number of unbranched alkanes of at least 4 members (excludes halogenated alkanes) is 1. The van der Waals surface area contributed by atoms with Crippen molar-refractivity contribution < 1.29 is 26.4 Å². The number of alkyl halides is 3. The van der Waals surface area contributed by atoms with E-state index in [1.807, 2.05) is 6.92 Å². The van der Waals surface area contributed by atoms with Gasteiger partial charge in [-0.3, -0.25) is 9.10 Å². The molecule has 1 rings (SSSR count). The summed E-state index contributed by atoms with van der Waals surface area (Å²) in [5, 5.41) is 2.47. The molecular weight excluding hydrogens is 417 g/mol. The fourth-order valence-corrected chi connectivity index (χ4v) is 3.78. The first-order valence-corrected chi connectivity index (χ1v) is 11.2. The minimum atomic E-state index is -4.67. The van der Waals surface area contributed by atoms with Crippen molar-refractivity contribution in [2.24, 2.45) is 5.92 Å². The Balaban J connectivity index is 3.01.